The van der Waals surface area contributed by atoms with Crippen LogP contribution in [0.3, 0.4) is 0 Å². The molecular weight excluding hydrogens is 278 g/mol. The van der Waals surface area contributed by atoms with Crippen molar-refractivity contribution in [3.63, 3.8) is 0 Å². The molecule has 3 atom stereocenters. The van der Waals surface area contributed by atoms with E-state index >= 15 is 0 Å². The summed E-state index contributed by atoms with van der Waals surface area (Å²) in [6, 6.07) is 5.73. The van der Waals surface area contributed by atoms with Crippen LogP contribution in [0.1, 0.15) is 50.4 Å². The number of carbonyl (C=O) groups is 1. The molecule has 1 aromatic carbocycles. The van der Waals surface area contributed by atoms with E-state index in [0.29, 0.717) is 28.4 Å². The van der Waals surface area contributed by atoms with Crippen molar-refractivity contribution in [1.29, 1.82) is 0 Å². The van der Waals surface area contributed by atoms with Gasteiger partial charge in [0.15, 0.2) is 11.5 Å². The second-order valence-electron chi connectivity index (χ2n) is 7.68. The molecule has 1 amide bonds. The molecule has 0 radical (unpaired) electrons. The van der Waals surface area contributed by atoms with Crippen LogP contribution >= 0.6 is 0 Å². The number of fused-ring (bicyclic) bond motifs is 3. The number of ether oxygens (including phenoxy) is 2. The standard InChI is InChI=1S/C18H23NO3/c1-17(2)11-7-8-18(17,3)14(9-11)19-16(20)12-5-4-6-13-15(12)22-10-21-13/h4-6,11,14H,7-10H2,1-3H3,(H,19,20). The largest absolute Gasteiger partial charge is 0.454 e. The van der Waals surface area contributed by atoms with E-state index in [1.54, 1.807) is 0 Å². The van der Waals surface area contributed by atoms with E-state index in [4.69, 9.17) is 9.47 Å². The van der Waals surface area contributed by atoms with E-state index < -0.39 is 0 Å². The van der Waals surface area contributed by atoms with Gasteiger partial charge in [-0.2, -0.15) is 0 Å². The first-order chi connectivity index (χ1) is 10.4. The summed E-state index contributed by atoms with van der Waals surface area (Å²) in [6.07, 6.45) is 3.57. The zero-order valence-electron chi connectivity index (χ0n) is 13.4. The molecule has 3 unspecified atom stereocenters. The van der Waals surface area contributed by atoms with Crippen LogP contribution in [0, 0.1) is 16.7 Å². The zero-order valence-corrected chi connectivity index (χ0v) is 13.4. The highest BCUT2D eigenvalue weighted by atomic mass is 16.7. The number of hydrogen-bond acceptors (Lipinski definition) is 3. The SMILES string of the molecule is CC1(C)C2CCC1(C)C(NC(=O)c1cccc3c1OCO3)C2. The molecule has 2 bridgehead atoms. The fraction of sp³-hybridized carbons (Fsp3) is 0.611. The van der Waals surface area contributed by atoms with Crippen molar-refractivity contribution in [2.24, 2.45) is 16.7 Å². The van der Waals surface area contributed by atoms with Crippen molar-refractivity contribution in [3.8, 4) is 11.5 Å². The molecule has 2 aliphatic carbocycles. The minimum absolute atomic E-state index is 0.0445. The van der Waals surface area contributed by atoms with E-state index in [1.165, 1.54) is 12.8 Å². The molecule has 3 aliphatic rings. The van der Waals surface area contributed by atoms with Gasteiger partial charge in [-0.1, -0.05) is 26.8 Å². The maximum atomic E-state index is 12.7. The molecule has 2 fully saturated rings. The Morgan fingerprint density at radius 2 is 2.09 bits per heavy atom. The number of para-hydroxylation sites is 1. The van der Waals surface area contributed by atoms with E-state index in [2.05, 4.69) is 26.1 Å². The van der Waals surface area contributed by atoms with Crippen molar-refractivity contribution in [2.45, 2.75) is 46.1 Å². The second kappa shape index (κ2) is 4.40. The molecule has 0 spiro atoms. The van der Waals surface area contributed by atoms with Crippen molar-refractivity contribution in [2.75, 3.05) is 6.79 Å². The Morgan fingerprint density at radius 3 is 2.77 bits per heavy atom. The predicted octanol–water partition coefficient (Wildman–Crippen LogP) is 3.36. The van der Waals surface area contributed by atoms with Crippen molar-refractivity contribution in [3.05, 3.63) is 23.8 Å². The van der Waals surface area contributed by atoms with Gasteiger partial charge in [0.05, 0.1) is 5.56 Å². The van der Waals surface area contributed by atoms with Gasteiger partial charge in [-0.15, -0.1) is 0 Å². The van der Waals surface area contributed by atoms with Crippen LogP contribution < -0.4 is 14.8 Å². The Kier molecular flexibility index (Phi) is 2.78. The molecule has 1 heterocycles. The third-order valence-electron chi connectivity index (χ3n) is 6.74. The van der Waals surface area contributed by atoms with Gasteiger partial charge in [-0.3, -0.25) is 4.79 Å². The summed E-state index contributed by atoms with van der Waals surface area (Å²) in [6.45, 7) is 7.23. The molecular formula is C18H23NO3. The molecule has 22 heavy (non-hydrogen) atoms. The van der Waals surface area contributed by atoms with Gasteiger partial charge in [-0.05, 0) is 48.1 Å². The van der Waals surface area contributed by atoms with Gasteiger partial charge in [0.1, 0.15) is 0 Å². The van der Waals surface area contributed by atoms with Crippen LogP contribution in [0.25, 0.3) is 0 Å². The van der Waals surface area contributed by atoms with Crippen molar-refractivity contribution >= 4 is 5.91 Å². The first kappa shape index (κ1) is 13.9. The van der Waals surface area contributed by atoms with Crippen LogP contribution in [0.5, 0.6) is 11.5 Å². The average Bonchev–Trinajstić information content (AvgIpc) is 3.09. The van der Waals surface area contributed by atoms with Gasteiger partial charge in [0, 0.05) is 6.04 Å². The summed E-state index contributed by atoms with van der Waals surface area (Å²) in [5.74, 6) is 1.90. The fourth-order valence-electron chi connectivity index (χ4n) is 4.77. The van der Waals surface area contributed by atoms with Gasteiger partial charge in [0.25, 0.3) is 5.91 Å². The van der Waals surface area contributed by atoms with Crippen LogP contribution in [-0.2, 0) is 0 Å². The highest BCUT2D eigenvalue weighted by molar-refractivity contribution is 5.98. The highest BCUT2D eigenvalue weighted by Crippen LogP contribution is 2.65. The van der Waals surface area contributed by atoms with Crippen LogP contribution in [0.4, 0.5) is 0 Å². The van der Waals surface area contributed by atoms with Crippen LogP contribution in [0.2, 0.25) is 0 Å². The first-order valence-electron chi connectivity index (χ1n) is 8.13. The number of rotatable bonds is 2. The molecule has 0 saturated heterocycles. The lowest BCUT2D eigenvalue weighted by atomic mass is 9.69. The van der Waals surface area contributed by atoms with Crippen molar-refractivity contribution < 1.29 is 14.3 Å². The molecule has 1 aromatic rings. The molecule has 4 heteroatoms. The molecule has 2 saturated carbocycles. The predicted molar refractivity (Wildman–Crippen MR) is 83.0 cm³/mol. The quantitative estimate of drug-likeness (QED) is 0.911. The van der Waals surface area contributed by atoms with E-state index in [1.807, 2.05) is 18.2 Å². The third kappa shape index (κ3) is 1.67. The monoisotopic (exact) mass is 301 g/mol. The van der Waals surface area contributed by atoms with E-state index in [-0.39, 0.29) is 24.2 Å². The fourth-order valence-corrected chi connectivity index (χ4v) is 4.77. The van der Waals surface area contributed by atoms with Gasteiger partial charge in [-0.25, -0.2) is 0 Å². The van der Waals surface area contributed by atoms with Gasteiger partial charge in [0.2, 0.25) is 6.79 Å². The topological polar surface area (TPSA) is 47.6 Å². The number of nitrogens with one attached hydrogen (secondary N) is 1. The normalized spacial score (nSPS) is 34.0. The summed E-state index contributed by atoms with van der Waals surface area (Å²) >= 11 is 0. The minimum atomic E-state index is -0.0445. The van der Waals surface area contributed by atoms with Crippen LogP contribution in [0.15, 0.2) is 18.2 Å². The Labute approximate surface area is 131 Å². The lowest BCUT2D eigenvalue weighted by Gasteiger charge is -2.39. The molecule has 118 valence electrons. The summed E-state index contributed by atoms with van der Waals surface area (Å²) in [5.41, 5.74) is 1.06. The number of carbonyl (C=O) groups excluding carboxylic acids is 1. The molecule has 4 nitrogen and oxygen atoms in total. The minimum Gasteiger partial charge on any atom is -0.454 e. The first-order valence-corrected chi connectivity index (χ1v) is 8.13. The molecule has 4 rings (SSSR count). The summed E-state index contributed by atoms with van der Waals surface area (Å²) in [5, 5.41) is 3.28. The summed E-state index contributed by atoms with van der Waals surface area (Å²) in [7, 11) is 0. The number of benzene rings is 1. The molecule has 1 N–H and O–H groups in total. The Bertz CT molecular complexity index is 639. The molecule has 1 aliphatic heterocycles. The Hall–Kier alpha value is -1.71. The second-order valence-corrected chi connectivity index (χ2v) is 7.68. The van der Waals surface area contributed by atoms with E-state index in [9.17, 15) is 4.79 Å². The maximum Gasteiger partial charge on any atom is 0.255 e. The number of hydrogen-bond donors (Lipinski definition) is 1. The smallest absolute Gasteiger partial charge is 0.255 e. The average molecular weight is 301 g/mol. The highest BCUT2D eigenvalue weighted by Gasteiger charge is 2.61. The van der Waals surface area contributed by atoms with Gasteiger partial charge >= 0.3 is 0 Å². The summed E-state index contributed by atoms with van der Waals surface area (Å²) < 4.78 is 10.8. The van der Waals surface area contributed by atoms with Crippen molar-refractivity contribution in [1.82, 2.24) is 5.32 Å². The van der Waals surface area contributed by atoms with E-state index in [0.717, 1.165) is 6.42 Å². The Balaban J connectivity index is 1.58. The summed E-state index contributed by atoms with van der Waals surface area (Å²) in [4.78, 5) is 12.7. The Morgan fingerprint density at radius 1 is 1.27 bits per heavy atom. The van der Waals surface area contributed by atoms with Gasteiger partial charge < -0.3 is 14.8 Å². The number of amides is 1. The lowest BCUT2D eigenvalue weighted by molar-refractivity contribution is 0.0822. The third-order valence-corrected chi connectivity index (χ3v) is 6.74. The lowest BCUT2D eigenvalue weighted by Crippen LogP contribution is -2.46. The van der Waals surface area contributed by atoms with Crippen LogP contribution in [-0.4, -0.2) is 18.7 Å². The zero-order chi connectivity index (χ0) is 15.5. The molecule has 0 aromatic heterocycles. The maximum absolute atomic E-state index is 12.7.